The van der Waals surface area contributed by atoms with Gasteiger partial charge in [-0.25, -0.2) is 0 Å². The van der Waals surface area contributed by atoms with Gasteiger partial charge in [0.2, 0.25) is 0 Å². The van der Waals surface area contributed by atoms with Crippen molar-refractivity contribution in [1.29, 1.82) is 0 Å². The highest BCUT2D eigenvalue weighted by atomic mass is 16.3. The quantitative estimate of drug-likeness (QED) is 0.155. The van der Waals surface area contributed by atoms with Gasteiger partial charge in [0.25, 0.3) is 0 Å². The smallest absolute Gasteiger partial charge is 0.143 e. The van der Waals surface area contributed by atoms with Crippen LogP contribution in [0.5, 0.6) is 0 Å². The Morgan fingerprint density at radius 2 is 0.742 bits per heavy atom. The largest absolute Gasteiger partial charge is 0.455 e. The molecule has 2 nitrogen and oxygen atoms in total. The third kappa shape index (κ3) is 5.62. The number of nitrogens with zero attached hydrogens (tertiary/aromatic N) is 1. The topological polar surface area (TPSA) is 16.4 Å². The van der Waals surface area contributed by atoms with Crippen molar-refractivity contribution in [2.45, 2.75) is 0 Å². The molecule has 0 fully saturated rings. The fraction of sp³-hybridized carbons (Fsp3) is 0. The lowest BCUT2D eigenvalue weighted by Gasteiger charge is -2.27. The van der Waals surface area contributed by atoms with Crippen molar-refractivity contribution in [3.8, 4) is 33.4 Å². The van der Waals surface area contributed by atoms with Gasteiger partial charge in [-0.2, -0.15) is 0 Å². The van der Waals surface area contributed by atoms with Gasteiger partial charge in [-0.05, 0) is 135 Å². The second-order valence-corrected chi connectivity index (χ2v) is 17.6. The van der Waals surface area contributed by atoms with Gasteiger partial charge in [0.15, 0.2) is 0 Å². The number of benzene rings is 12. The van der Waals surface area contributed by atoms with E-state index in [4.69, 9.17) is 4.42 Å². The highest BCUT2D eigenvalue weighted by Gasteiger charge is 2.21. The van der Waals surface area contributed by atoms with Crippen LogP contribution in [0.15, 0.2) is 241 Å². The van der Waals surface area contributed by atoms with Crippen LogP contribution in [0.4, 0.5) is 17.1 Å². The van der Waals surface area contributed by atoms with E-state index >= 15 is 0 Å². The van der Waals surface area contributed by atoms with E-state index in [1.807, 2.05) is 6.07 Å². The summed E-state index contributed by atoms with van der Waals surface area (Å²) in [7, 11) is 0. The van der Waals surface area contributed by atoms with Crippen molar-refractivity contribution in [2.24, 2.45) is 0 Å². The standard InChI is InChI=1S/C64H39NO/c1-2-11-40(12-3-1)41-25-27-42(28-26-41)43-33-35-49(36-34-43)65(50-17-6-16-47(37-50)52-19-10-23-57-53-18-4-5-24-59(53)66-64(52)57)51-38-48-32-31-46-14-8-21-55-54-20-7-13-44-29-30-45-15-9-22-56(62(45)60(44)54)58(39-51)63(48)61(46)55/h1-39H. The summed E-state index contributed by atoms with van der Waals surface area (Å²) in [5.74, 6) is 0. The number of hydrogen-bond donors (Lipinski definition) is 0. The molecule has 0 amide bonds. The monoisotopic (exact) mass is 837 g/mol. The van der Waals surface area contributed by atoms with E-state index < -0.39 is 0 Å². The minimum absolute atomic E-state index is 0.897. The van der Waals surface area contributed by atoms with Crippen LogP contribution in [0, 0.1) is 0 Å². The Bertz CT molecular complexity index is 4200. The molecule has 1 aromatic heterocycles. The predicted octanol–water partition coefficient (Wildman–Crippen LogP) is 18.4. The fourth-order valence-electron chi connectivity index (χ4n) is 10.9. The van der Waals surface area contributed by atoms with E-state index in [0.717, 1.165) is 50.1 Å². The van der Waals surface area contributed by atoms with E-state index in [0.29, 0.717) is 0 Å². The van der Waals surface area contributed by atoms with E-state index in [9.17, 15) is 0 Å². The van der Waals surface area contributed by atoms with Crippen molar-refractivity contribution in [3.05, 3.63) is 237 Å². The molecular formula is C64H39NO. The second-order valence-electron chi connectivity index (χ2n) is 17.6. The average molecular weight is 838 g/mol. The SMILES string of the molecule is c1ccc(-c2ccc(-c3ccc(N(c4cccc(-c5cccc6c5oc5ccccc56)c4)c4cc5ccc6cccc7c8cccc9ccc%10cccc(c(c4)c5c67)c%10c98)cc3)cc2)cc1. The third-order valence-electron chi connectivity index (χ3n) is 13.9. The average Bonchev–Trinajstić information content (AvgIpc) is 3.77. The molecule has 13 aromatic carbocycles. The summed E-state index contributed by atoms with van der Waals surface area (Å²) < 4.78 is 6.60. The second kappa shape index (κ2) is 14.4. The zero-order chi connectivity index (χ0) is 43.3. The summed E-state index contributed by atoms with van der Waals surface area (Å²) in [5, 5.41) is 17.4. The van der Waals surface area contributed by atoms with Crippen LogP contribution in [-0.4, -0.2) is 0 Å². The maximum atomic E-state index is 6.60. The highest BCUT2D eigenvalue weighted by molar-refractivity contribution is 6.37. The van der Waals surface area contributed by atoms with Crippen LogP contribution in [-0.2, 0) is 0 Å². The maximum absolute atomic E-state index is 6.60. The molecule has 14 rings (SSSR count). The van der Waals surface area contributed by atoms with Gasteiger partial charge in [-0.1, -0.05) is 194 Å². The minimum Gasteiger partial charge on any atom is -0.455 e. The molecule has 0 radical (unpaired) electrons. The zero-order valence-electron chi connectivity index (χ0n) is 35.9. The Kier molecular flexibility index (Phi) is 8.02. The van der Waals surface area contributed by atoms with Crippen LogP contribution < -0.4 is 4.90 Å². The Hall–Kier alpha value is -8.72. The number of hydrogen-bond acceptors (Lipinski definition) is 2. The van der Waals surface area contributed by atoms with Gasteiger partial charge in [0.1, 0.15) is 11.2 Å². The first-order valence-corrected chi connectivity index (χ1v) is 22.7. The normalized spacial score (nSPS) is 11.9. The molecular weight excluding hydrogens is 799 g/mol. The molecule has 0 aliphatic rings. The molecule has 66 heavy (non-hydrogen) atoms. The number of furan rings is 1. The minimum atomic E-state index is 0.897. The van der Waals surface area contributed by atoms with Crippen molar-refractivity contribution in [3.63, 3.8) is 0 Å². The molecule has 1 heterocycles. The maximum Gasteiger partial charge on any atom is 0.143 e. The first-order chi connectivity index (χ1) is 32.7. The summed E-state index contributed by atoms with van der Waals surface area (Å²) in [4.78, 5) is 2.43. The van der Waals surface area contributed by atoms with Crippen LogP contribution >= 0.6 is 0 Å². The predicted molar refractivity (Wildman–Crippen MR) is 281 cm³/mol. The summed E-state index contributed by atoms with van der Waals surface area (Å²) in [6.07, 6.45) is 0. The van der Waals surface area contributed by atoms with E-state index in [1.54, 1.807) is 0 Å². The van der Waals surface area contributed by atoms with Crippen molar-refractivity contribution >= 4 is 104 Å². The van der Waals surface area contributed by atoms with Crippen molar-refractivity contribution in [1.82, 2.24) is 0 Å². The van der Waals surface area contributed by atoms with Crippen molar-refractivity contribution < 1.29 is 4.42 Å². The van der Waals surface area contributed by atoms with Gasteiger partial charge in [0, 0.05) is 33.4 Å². The molecule has 0 saturated carbocycles. The fourth-order valence-corrected chi connectivity index (χ4v) is 10.9. The zero-order valence-corrected chi connectivity index (χ0v) is 35.9. The lowest BCUT2D eigenvalue weighted by Crippen LogP contribution is -2.10. The number of rotatable bonds is 6. The van der Waals surface area contributed by atoms with Crippen LogP contribution in [0.3, 0.4) is 0 Å². The molecule has 0 spiro atoms. The molecule has 2 heteroatoms. The summed E-state index contributed by atoms with van der Waals surface area (Å²) in [6.45, 7) is 0. The van der Waals surface area contributed by atoms with Crippen molar-refractivity contribution in [2.75, 3.05) is 4.90 Å². The Morgan fingerprint density at radius 1 is 0.258 bits per heavy atom. The summed E-state index contributed by atoms with van der Waals surface area (Å²) in [5.41, 5.74) is 12.0. The van der Waals surface area contributed by atoms with E-state index in [2.05, 4.69) is 235 Å². The lowest BCUT2D eigenvalue weighted by molar-refractivity contribution is 0.670. The number of anilines is 3. The summed E-state index contributed by atoms with van der Waals surface area (Å²) in [6, 6.07) is 86.8. The molecule has 0 saturated heterocycles. The molecule has 14 aromatic rings. The highest BCUT2D eigenvalue weighted by Crippen LogP contribution is 2.47. The molecule has 306 valence electrons. The Labute approximate surface area is 381 Å². The van der Waals surface area contributed by atoms with Gasteiger partial charge in [0.05, 0.1) is 0 Å². The number of para-hydroxylation sites is 2. The van der Waals surface area contributed by atoms with E-state index in [1.165, 1.54) is 86.9 Å². The molecule has 0 aliphatic carbocycles. The molecule has 0 N–H and O–H groups in total. The molecule has 0 atom stereocenters. The lowest BCUT2D eigenvalue weighted by atomic mass is 9.87. The van der Waals surface area contributed by atoms with Crippen LogP contribution in [0.2, 0.25) is 0 Å². The van der Waals surface area contributed by atoms with E-state index in [-0.39, 0.29) is 0 Å². The molecule has 0 bridgehead atoms. The van der Waals surface area contributed by atoms with Crippen LogP contribution in [0.1, 0.15) is 0 Å². The number of fused-ring (bicyclic) bond motifs is 5. The third-order valence-corrected chi connectivity index (χ3v) is 13.9. The van der Waals surface area contributed by atoms with Gasteiger partial charge >= 0.3 is 0 Å². The Morgan fingerprint density at radius 3 is 1.41 bits per heavy atom. The Balaban J connectivity index is 1.02. The first-order valence-electron chi connectivity index (χ1n) is 22.7. The van der Waals surface area contributed by atoms with Gasteiger partial charge in [-0.15, -0.1) is 0 Å². The molecule has 0 unspecified atom stereocenters. The van der Waals surface area contributed by atoms with Gasteiger partial charge < -0.3 is 9.32 Å². The first kappa shape index (κ1) is 36.7. The van der Waals surface area contributed by atoms with Crippen LogP contribution in [0.25, 0.3) is 120 Å². The molecule has 0 aliphatic heterocycles. The van der Waals surface area contributed by atoms with Gasteiger partial charge in [-0.3, -0.25) is 0 Å². The summed E-state index contributed by atoms with van der Waals surface area (Å²) >= 11 is 0.